The van der Waals surface area contributed by atoms with E-state index in [4.69, 9.17) is 4.74 Å². The molecular formula is C26H17F7N2O2. The molecule has 1 aromatic heterocycles. The van der Waals surface area contributed by atoms with Gasteiger partial charge >= 0.3 is 6.18 Å². The van der Waals surface area contributed by atoms with Gasteiger partial charge < -0.3 is 14.6 Å². The molecule has 2 heterocycles. The van der Waals surface area contributed by atoms with Crippen LogP contribution < -0.4 is 4.74 Å². The zero-order chi connectivity index (χ0) is 26.6. The summed E-state index contributed by atoms with van der Waals surface area (Å²) in [7, 11) is 1.48. The fourth-order valence-electron chi connectivity index (χ4n) is 4.73. The second-order valence-electron chi connectivity index (χ2n) is 8.56. The highest BCUT2D eigenvalue weighted by molar-refractivity contribution is 5.96. The first-order chi connectivity index (χ1) is 17.5. The van der Waals surface area contributed by atoms with Crippen LogP contribution in [0.25, 0.3) is 10.9 Å². The molecule has 3 aromatic carbocycles. The number of rotatable bonds is 3. The van der Waals surface area contributed by atoms with Crippen LogP contribution in [0.1, 0.15) is 38.8 Å². The molecule has 0 aliphatic carbocycles. The molecule has 1 aliphatic rings. The van der Waals surface area contributed by atoms with Gasteiger partial charge in [0.15, 0.2) is 11.6 Å². The van der Waals surface area contributed by atoms with E-state index < -0.39 is 52.5 Å². The fraction of sp³-hybridized carbons (Fsp3) is 0.192. The number of alkyl halides is 3. The van der Waals surface area contributed by atoms with Crippen molar-refractivity contribution in [3.8, 4) is 5.75 Å². The van der Waals surface area contributed by atoms with Gasteiger partial charge in [0, 0.05) is 40.3 Å². The van der Waals surface area contributed by atoms with Crippen molar-refractivity contribution in [1.82, 2.24) is 9.88 Å². The van der Waals surface area contributed by atoms with Gasteiger partial charge in [-0.2, -0.15) is 13.2 Å². The smallest absolute Gasteiger partial charge is 0.419 e. The maximum atomic E-state index is 15.0. The Kier molecular flexibility index (Phi) is 5.88. The Morgan fingerprint density at radius 3 is 2.35 bits per heavy atom. The van der Waals surface area contributed by atoms with Gasteiger partial charge in [-0.3, -0.25) is 4.79 Å². The van der Waals surface area contributed by atoms with Crippen LogP contribution in [0, 0.1) is 23.3 Å². The van der Waals surface area contributed by atoms with Crippen LogP contribution in [0.5, 0.6) is 5.75 Å². The number of aromatic amines is 1. The minimum absolute atomic E-state index is 0.0677. The number of methoxy groups -OCH3 is 1. The van der Waals surface area contributed by atoms with Gasteiger partial charge in [0.25, 0.3) is 5.91 Å². The lowest BCUT2D eigenvalue weighted by molar-refractivity contribution is -0.140. The van der Waals surface area contributed by atoms with Gasteiger partial charge in [-0.25, -0.2) is 17.6 Å². The number of H-pyrrole nitrogens is 1. The Morgan fingerprint density at radius 2 is 1.68 bits per heavy atom. The van der Waals surface area contributed by atoms with E-state index in [9.17, 15) is 31.1 Å². The molecule has 0 bridgehead atoms. The largest absolute Gasteiger partial charge is 0.497 e. The average molecular weight is 522 g/mol. The first kappa shape index (κ1) is 24.7. The number of halogens is 7. The quantitative estimate of drug-likeness (QED) is 0.245. The van der Waals surface area contributed by atoms with Crippen molar-refractivity contribution in [3.05, 3.63) is 99.7 Å². The lowest BCUT2D eigenvalue weighted by atomic mass is 9.91. The maximum Gasteiger partial charge on any atom is 0.419 e. The highest BCUT2D eigenvalue weighted by Gasteiger charge is 2.38. The van der Waals surface area contributed by atoms with Crippen LogP contribution in [-0.4, -0.2) is 29.4 Å². The third-order valence-electron chi connectivity index (χ3n) is 6.45. The second-order valence-corrected chi connectivity index (χ2v) is 8.56. The first-order valence-electron chi connectivity index (χ1n) is 11.0. The number of fused-ring (bicyclic) bond motifs is 3. The minimum Gasteiger partial charge on any atom is -0.497 e. The van der Waals surface area contributed by atoms with Crippen molar-refractivity contribution in [1.29, 1.82) is 0 Å². The summed E-state index contributed by atoms with van der Waals surface area (Å²) < 4.78 is 101. The van der Waals surface area contributed by atoms with Gasteiger partial charge in [0.2, 0.25) is 0 Å². The molecule has 0 radical (unpaired) electrons. The lowest BCUT2D eigenvalue weighted by Crippen LogP contribution is -2.41. The van der Waals surface area contributed by atoms with Gasteiger partial charge in [-0.15, -0.1) is 0 Å². The van der Waals surface area contributed by atoms with Crippen molar-refractivity contribution in [2.75, 3.05) is 13.7 Å². The summed E-state index contributed by atoms with van der Waals surface area (Å²) in [5, 5.41) is 0.704. The lowest BCUT2D eigenvalue weighted by Gasteiger charge is -2.36. The van der Waals surface area contributed by atoms with Crippen molar-refractivity contribution in [3.63, 3.8) is 0 Å². The molecule has 0 spiro atoms. The van der Waals surface area contributed by atoms with E-state index in [0.29, 0.717) is 52.2 Å². The monoisotopic (exact) mass is 522 g/mol. The van der Waals surface area contributed by atoms with E-state index >= 15 is 4.39 Å². The van der Waals surface area contributed by atoms with E-state index in [1.54, 1.807) is 18.2 Å². The summed E-state index contributed by atoms with van der Waals surface area (Å²) in [5.74, 6) is -5.95. The van der Waals surface area contributed by atoms with Crippen LogP contribution in [0.3, 0.4) is 0 Å². The number of hydrogen-bond donors (Lipinski definition) is 1. The van der Waals surface area contributed by atoms with Crippen LogP contribution in [0.4, 0.5) is 30.7 Å². The number of carbonyl (C=O) groups excluding carboxylic acids is 1. The highest BCUT2D eigenvalue weighted by atomic mass is 19.4. The topological polar surface area (TPSA) is 45.3 Å². The van der Waals surface area contributed by atoms with Crippen molar-refractivity contribution >= 4 is 16.8 Å². The number of nitrogens with one attached hydrogen (secondary N) is 1. The standard InChI is InChI=1S/C26H17F7N2O2/c1-37-13-3-5-22-15(9-13)14-6-7-35(25(36)12-2-4-17(19(28)8-12)26(31,32)33)24(23(14)34-22)16-10-20(29)21(30)11-18(16)27/h2-5,8-11,24,34H,6-7H2,1H3. The van der Waals surface area contributed by atoms with Crippen molar-refractivity contribution in [2.24, 2.45) is 0 Å². The fourth-order valence-corrected chi connectivity index (χ4v) is 4.73. The average Bonchev–Trinajstić information content (AvgIpc) is 3.22. The maximum absolute atomic E-state index is 15.0. The Morgan fingerprint density at radius 1 is 0.946 bits per heavy atom. The predicted molar refractivity (Wildman–Crippen MR) is 119 cm³/mol. The molecule has 1 unspecified atom stereocenters. The zero-order valence-electron chi connectivity index (χ0n) is 19.0. The number of nitrogens with zero attached hydrogens (tertiary/aromatic N) is 1. The van der Waals surface area contributed by atoms with E-state index in [1.807, 2.05) is 0 Å². The molecule has 1 amide bonds. The number of carbonyl (C=O) groups is 1. The first-order valence-corrected chi connectivity index (χ1v) is 11.0. The van der Waals surface area contributed by atoms with E-state index in [0.717, 1.165) is 11.0 Å². The van der Waals surface area contributed by atoms with E-state index in [-0.39, 0.29) is 18.5 Å². The van der Waals surface area contributed by atoms with E-state index in [2.05, 4.69) is 4.98 Å². The van der Waals surface area contributed by atoms with Crippen LogP contribution in [0.2, 0.25) is 0 Å². The molecule has 0 saturated carbocycles. The summed E-state index contributed by atoms with van der Waals surface area (Å²) in [6.45, 7) is -0.0677. The van der Waals surface area contributed by atoms with Gasteiger partial charge in [0.1, 0.15) is 23.4 Å². The molecule has 11 heteroatoms. The third kappa shape index (κ3) is 4.17. The summed E-state index contributed by atoms with van der Waals surface area (Å²) in [4.78, 5) is 17.6. The molecule has 37 heavy (non-hydrogen) atoms. The normalized spacial score (nSPS) is 15.7. The molecule has 192 valence electrons. The Hall–Kier alpha value is -4.02. The molecule has 4 aromatic rings. The summed E-state index contributed by atoms with van der Waals surface area (Å²) in [6, 6.07) is 6.48. The Balaban J connectivity index is 1.67. The highest BCUT2D eigenvalue weighted by Crippen LogP contribution is 2.41. The molecular weight excluding hydrogens is 505 g/mol. The molecule has 5 rings (SSSR count). The third-order valence-corrected chi connectivity index (χ3v) is 6.45. The Labute approximate surface area is 205 Å². The van der Waals surface area contributed by atoms with E-state index in [1.165, 1.54) is 7.11 Å². The minimum atomic E-state index is -4.96. The number of benzene rings is 3. The van der Waals surface area contributed by atoms with Gasteiger partial charge in [-0.1, -0.05) is 0 Å². The van der Waals surface area contributed by atoms with Crippen molar-refractivity contribution < 1.29 is 40.3 Å². The number of amides is 1. The summed E-state index contributed by atoms with van der Waals surface area (Å²) in [6.07, 6.45) is -4.73. The molecule has 1 aliphatic heterocycles. The second kappa shape index (κ2) is 8.82. The van der Waals surface area contributed by atoms with Crippen molar-refractivity contribution in [2.45, 2.75) is 18.6 Å². The number of ether oxygens (including phenoxy) is 1. The predicted octanol–water partition coefficient (Wildman–Crippen LogP) is 6.54. The van der Waals surface area contributed by atoms with Crippen LogP contribution in [0.15, 0.2) is 48.5 Å². The number of aromatic nitrogens is 1. The van der Waals surface area contributed by atoms with Crippen LogP contribution >= 0.6 is 0 Å². The number of hydrogen-bond acceptors (Lipinski definition) is 2. The Bertz CT molecular complexity index is 1540. The van der Waals surface area contributed by atoms with Gasteiger partial charge in [-0.05, 0) is 54.4 Å². The van der Waals surface area contributed by atoms with Crippen LogP contribution in [-0.2, 0) is 12.6 Å². The molecule has 4 nitrogen and oxygen atoms in total. The molecule has 1 atom stereocenters. The molecule has 0 fully saturated rings. The van der Waals surface area contributed by atoms with Gasteiger partial charge in [0.05, 0.1) is 12.7 Å². The SMILES string of the molecule is COc1ccc2[nH]c3c(c2c1)CCN(C(=O)c1ccc(C(F)(F)F)c(F)c1)C3c1cc(F)c(F)cc1F. The molecule has 0 saturated heterocycles. The zero-order valence-corrected chi connectivity index (χ0v) is 19.0. The molecule has 1 N–H and O–H groups in total. The summed E-state index contributed by atoms with van der Waals surface area (Å²) >= 11 is 0. The summed E-state index contributed by atoms with van der Waals surface area (Å²) in [5.41, 5.74) is -0.754.